The molecule has 2 aromatic carbocycles. The summed E-state index contributed by atoms with van der Waals surface area (Å²) in [4.78, 5) is 0. The van der Waals surface area contributed by atoms with Crippen LogP contribution in [0.25, 0.3) is 11.1 Å². The number of hydrogen-bond donors (Lipinski definition) is 2. The van der Waals surface area contributed by atoms with E-state index in [1.54, 1.807) is 48.5 Å². The molecule has 0 spiro atoms. The van der Waals surface area contributed by atoms with Crippen LogP contribution in [0.15, 0.2) is 48.5 Å². The molecule has 6 nitrogen and oxygen atoms in total. The molecule has 0 aliphatic rings. The zero-order valence-corrected chi connectivity index (χ0v) is 22.0. The molecule has 0 saturated heterocycles. The smallest absolute Gasteiger partial charge is 0.214 e. The maximum Gasteiger partial charge on any atom is 0.214 e. The fourth-order valence-corrected chi connectivity index (χ4v) is 4.64. The number of benzene rings is 2. The summed E-state index contributed by atoms with van der Waals surface area (Å²) in [6, 6.07) is 13.2. The standard InChI is InChI=1S/C24H34F2N2O4S2/c1-17(2)33(29,30)27-15-23(5,25)21-11-7-19(8-12-21)20-9-13-22(14-10-20)24(6,26)16-28-34(31,32)18(3)4/h7-14,17-18,27-28H,15-16H2,1-6H3/t23-,24-/m1/s1. The minimum atomic E-state index is -3.58. The maximum atomic E-state index is 15.1. The van der Waals surface area contributed by atoms with Gasteiger partial charge in [-0.25, -0.2) is 35.1 Å². The van der Waals surface area contributed by atoms with Crippen LogP contribution < -0.4 is 9.44 Å². The highest BCUT2D eigenvalue weighted by atomic mass is 32.2. The molecule has 0 bridgehead atoms. The van der Waals surface area contributed by atoms with Crippen LogP contribution in [-0.4, -0.2) is 40.4 Å². The van der Waals surface area contributed by atoms with Crippen LogP contribution in [0.4, 0.5) is 8.78 Å². The van der Waals surface area contributed by atoms with Gasteiger partial charge in [0.05, 0.1) is 10.5 Å². The fourth-order valence-electron chi connectivity index (χ4n) is 3.03. The van der Waals surface area contributed by atoms with Crippen molar-refractivity contribution in [2.45, 2.75) is 63.4 Å². The molecule has 0 heterocycles. The van der Waals surface area contributed by atoms with Crippen LogP contribution in [0.5, 0.6) is 0 Å². The Morgan fingerprint density at radius 3 is 1.15 bits per heavy atom. The number of hydrogen-bond acceptors (Lipinski definition) is 4. The van der Waals surface area contributed by atoms with Crippen LogP contribution in [-0.2, 0) is 31.4 Å². The largest absolute Gasteiger partial charge is 0.238 e. The summed E-state index contributed by atoms with van der Waals surface area (Å²) in [5.74, 6) is 0. The summed E-state index contributed by atoms with van der Waals surface area (Å²) >= 11 is 0. The van der Waals surface area contributed by atoms with Crippen molar-refractivity contribution in [3.05, 3.63) is 59.7 Å². The van der Waals surface area contributed by atoms with Crippen molar-refractivity contribution in [2.24, 2.45) is 0 Å². The molecule has 190 valence electrons. The molecular formula is C24H34F2N2O4S2. The predicted octanol–water partition coefficient (Wildman–Crippen LogP) is 4.38. The second-order valence-corrected chi connectivity index (χ2v) is 14.0. The van der Waals surface area contributed by atoms with E-state index < -0.39 is 41.9 Å². The van der Waals surface area contributed by atoms with E-state index >= 15 is 8.78 Å². The molecule has 2 N–H and O–H groups in total. The number of rotatable bonds is 11. The Hall–Kier alpha value is -1.88. The van der Waals surface area contributed by atoms with Gasteiger partial charge in [0.15, 0.2) is 0 Å². The summed E-state index contributed by atoms with van der Waals surface area (Å²) in [6.45, 7) is 7.96. The van der Waals surface area contributed by atoms with Crippen molar-refractivity contribution in [3.63, 3.8) is 0 Å². The number of halogens is 2. The van der Waals surface area contributed by atoms with Crippen LogP contribution in [0.3, 0.4) is 0 Å². The monoisotopic (exact) mass is 516 g/mol. The van der Waals surface area contributed by atoms with Crippen molar-refractivity contribution >= 4 is 20.0 Å². The van der Waals surface area contributed by atoms with E-state index in [2.05, 4.69) is 9.44 Å². The second kappa shape index (κ2) is 10.4. The Balaban J connectivity index is 2.13. The van der Waals surface area contributed by atoms with Gasteiger partial charge < -0.3 is 0 Å². The lowest BCUT2D eigenvalue weighted by Gasteiger charge is -2.23. The quantitative estimate of drug-likeness (QED) is 0.464. The number of sulfonamides is 2. The Labute approximate surface area is 202 Å². The van der Waals surface area contributed by atoms with Gasteiger partial charge in [0.1, 0.15) is 11.3 Å². The van der Waals surface area contributed by atoms with Crippen molar-refractivity contribution in [2.75, 3.05) is 13.1 Å². The minimum absolute atomic E-state index is 0.327. The molecule has 2 atom stereocenters. The topological polar surface area (TPSA) is 92.3 Å². The second-order valence-electron chi connectivity index (χ2n) is 9.38. The molecule has 0 aliphatic heterocycles. The first-order chi connectivity index (χ1) is 15.5. The highest BCUT2D eigenvalue weighted by Gasteiger charge is 2.30. The highest BCUT2D eigenvalue weighted by Crippen LogP contribution is 2.30. The van der Waals surface area contributed by atoms with Crippen LogP contribution in [0, 0.1) is 0 Å². The zero-order chi connectivity index (χ0) is 25.9. The molecule has 0 amide bonds. The molecular weight excluding hydrogens is 482 g/mol. The first kappa shape index (κ1) is 28.4. The van der Waals surface area contributed by atoms with Gasteiger partial charge in [0, 0.05) is 13.1 Å². The van der Waals surface area contributed by atoms with Gasteiger partial charge in [-0.3, -0.25) is 0 Å². The first-order valence-electron chi connectivity index (χ1n) is 11.0. The molecule has 0 saturated carbocycles. The van der Waals surface area contributed by atoms with Gasteiger partial charge in [0.2, 0.25) is 20.0 Å². The number of nitrogens with one attached hydrogen (secondary N) is 2. The molecule has 10 heteroatoms. The SMILES string of the molecule is CC(C)S(=O)(=O)NC[C@@](C)(F)c1ccc(-c2ccc([C@](C)(F)CNS(=O)(=O)C(C)C)cc2)cc1. The Morgan fingerprint density at radius 2 is 0.912 bits per heavy atom. The van der Waals surface area contributed by atoms with Crippen LogP contribution in [0.1, 0.15) is 52.7 Å². The number of alkyl halides is 2. The van der Waals surface area contributed by atoms with Gasteiger partial charge in [-0.2, -0.15) is 0 Å². The Kier molecular flexibility index (Phi) is 8.67. The lowest BCUT2D eigenvalue weighted by atomic mass is 9.93. The normalized spacial score (nSPS) is 16.4. The molecule has 2 aromatic rings. The van der Waals surface area contributed by atoms with E-state index in [1.807, 2.05) is 0 Å². The van der Waals surface area contributed by atoms with Gasteiger partial charge in [0.25, 0.3) is 0 Å². The predicted molar refractivity (Wildman–Crippen MR) is 133 cm³/mol. The Morgan fingerprint density at radius 1 is 0.647 bits per heavy atom. The molecule has 2 rings (SSSR count). The summed E-state index contributed by atoms with van der Waals surface area (Å²) in [5, 5.41) is -1.31. The average Bonchev–Trinajstić information content (AvgIpc) is 2.77. The van der Waals surface area contributed by atoms with Gasteiger partial charge in [-0.1, -0.05) is 48.5 Å². The van der Waals surface area contributed by atoms with Crippen molar-refractivity contribution in [3.8, 4) is 11.1 Å². The van der Waals surface area contributed by atoms with Crippen LogP contribution in [0.2, 0.25) is 0 Å². The van der Waals surface area contributed by atoms with Gasteiger partial charge in [-0.15, -0.1) is 0 Å². The first-order valence-corrected chi connectivity index (χ1v) is 14.1. The zero-order valence-electron chi connectivity index (χ0n) is 20.4. The van der Waals surface area contributed by atoms with Crippen molar-refractivity contribution in [1.29, 1.82) is 0 Å². The highest BCUT2D eigenvalue weighted by molar-refractivity contribution is 7.90. The van der Waals surface area contributed by atoms with Gasteiger partial charge in [-0.05, 0) is 63.8 Å². The molecule has 0 aromatic heterocycles. The Bertz CT molecular complexity index is 1080. The van der Waals surface area contributed by atoms with E-state index in [0.29, 0.717) is 11.1 Å². The third kappa shape index (κ3) is 7.07. The summed E-state index contributed by atoms with van der Waals surface area (Å²) in [5.41, 5.74) is -1.60. The molecule has 0 aliphatic carbocycles. The lowest BCUT2D eigenvalue weighted by molar-refractivity contribution is 0.196. The molecule has 0 fully saturated rings. The van der Waals surface area contributed by atoms with Crippen LogP contribution >= 0.6 is 0 Å². The van der Waals surface area contributed by atoms with Gasteiger partial charge >= 0.3 is 0 Å². The fraction of sp³-hybridized carbons (Fsp3) is 0.500. The van der Waals surface area contributed by atoms with E-state index in [9.17, 15) is 16.8 Å². The minimum Gasteiger partial charge on any atom is -0.238 e. The summed E-state index contributed by atoms with van der Waals surface area (Å²) in [7, 11) is -7.16. The summed E-state index contributed by atoms with van der Waals surface area (Å²) < 4.78 is 82.6. The van der Waals surface area contributed by atoms with E-state index in [-0.39, 0.29) is 13.1 Å². The third-order valence-corrected chi connectivity index (χ3v) is 9.33. The molecule has 0 unspecified atom stereocenters. The van der Waals surface area contributed by atoms with Crippen molar-refractivity contribution < 1.29 is 25.6 Å². The summed E-state index contributed by atoms with van der Waals surface area (Å²) in [6.07, 6.45) is 0. The average molecular weight is 517 g/mol. The van der Waals surface area contributed by atoms with E-state index in [4.69, 9.17) is 0 Å². The lowest BCUT2D eigenvalue weighted by Crippen LogP contribution is -2.39. The molecule has 34 heavy (non-hydrogen) atoms. The van der Waals surface area contributed by atoms with E-state index in [0.717, 1.165) is 11.1 Å². The maximum absolute atomic E-state index is 15.1. The van der Waals surface area contributed by atoms with Crippen molar-refractivity contribution in [1.82, 2.24) is 9.44 Å². The third-order valence-electron chi connectivity index (χ3n) is 5.76. The van der Waals surface area contributed by atoms with E-state index in [1.165, 1.54) is 41.5 Å². The molecule has 0 radical (unpaired) electrons.